The molecule has 0 aliphatic heterocycles. The van der Waals surface area contributed by atoms with E-state index >= 15 is 0 Å². The van der Waals surface area contributed by atoms with Gasteiger partial charge >= 0.3 is 0 Å². The van der Waals surface area contributed by atoms with E-state index in [1.807, 2.05) is 0 Å². The third-order valence-electron chi connectivity index (χ3n) is 4.14. The number of hydrogen-bond donors (Lipinski definition) is 1. The van der Waals surface area contributed by atoms with Crippen molar-refractivity contribution in [1.29, 1.82) is 0 Å². The van der Waals surface area contributed by atoms with Crippen molar-refractivity contribution in [2.75, 3.05) is 0 Å². The van der Waals surface area contributed by atoms with Crippen molar-refractivity contribution in [2.24, 2.45) is 5.92 Å². The van der Waals surface area contributed by atoms with E-state index in [-0.39, 0.29) is 0 Å². The average molecular weight is 292 g/mol. The number of rotatable bonds is 5. The van der Waals surface area contributed by atoms with E-state index in [0.717, 1.165) is 17.7 Å². The fourth-order valence-corrected chi connectivity index (χ4v) is 4.40. The molecule has 1 N–H and O–H groups in total. The highest BCUT2D eigenvalue weighted by Gasteiger charge is 2.20. The minimum atomic E-state index is 0.549. The van der Waals surface area contributed by atoms with Crippen molar-refractivity contribution in [1.82, 2.24) is 5.32 Å². The Bertz CT molecular complexity index is 427. The Balaban J connectivity index is 1.95. The van der Waals surface area contributed by atoms with Crippen LogP contribution in [0.1, 0.15) is 57.6 Å². The van der Waals surface area contributed by atoms with Crippen molar-refractivity contribution in [3.63, 3.8) is 0 Å². The minimum Gasteiger partial charge on any atom is -0.310 e. The van der Waals surface area contributed by atoms with Crippen molar-refractivity contribution in [3.8, 4) is 0 Å². The molecule has 2 atom stereocenters. The molecule has 0 heterocycles. The molecule has 1 aliphatic carbocycles. The smallest absolute Gasteiger partial charge is 0.0207 e. The fraction of sp³-hybridized carbons (Fsp3) is 0.667. The van der Waals surface area contributed by atoms with Gasteiger partial charge in [0, 0.05) is 22.7 Å². The normalized spacial score (nSPS) is 23.2. The van der Waals surface area contributed by atoms with Crippen molar-refractivity contribution >= 4 is 11.8 Å². The second kappa shape index (κ2) is 7.51. The zero-order chi connectivity index (χ0) is 14.5. The Kier molecular flexibility index (Phi) is 5.98. The maximum Gasteiger partial charge on any atom is 0.0207 e. The van der Waals surface area contributed by atoms with E-state index in [0.29, 0.717) is 6.04 Å². The highest BCUT2D eigenvalue weighted by Crippen LogP contribution is 2.37. The first-order valence-corrected chi connectivity index (χ1v) is 8.92. The topological polar surface area (TPSA) is 12.0 Å². The zero-order valence-corrected chi connectivity index (χ0v) is 14.2. The first-order chi connectivity index (χ1) is 9.54. The van der Waals surface area contributed by atoms with E-state index in [2.05, 4.69) is 63.0 Å². The van der Waals surface area contributed by atoms with Gasteiger partial charge in [0.15, 0.2) is 0 Å². The van der Waals surface area contributed by atoms with Gasteiger partial charge in [0.1, 0.15) is 0 Å². The van der Waals surface area contributed by atoms with E-state index < -0.39 is 0 Å². The fourth-order valence-electron chi connectivity index (χ4n) is 2.94. The lowest BCUT2D eigenvalue weighted by molar-refractivity contribution is 0.394. The molecule has 0 saturated heterocycles. The van der Waals surface area contributed by atoms with Crippen LogP contribution in [0.25, 0.3) is 0 Å². The predicted octanol–water partition coefficient (Wildman–Crippen LogP) is 5.16. The molecule has 1 fully saturated rings. The molecule has 1 aromatic carbocycles. The summed E-state index contributed by atoms with van der Waals surface area (Å²) < 4.78 is 0. The molecule has 1 aliphatic rings. The van der Waals surface area contributed by atoms with Crippen molar-refractivity contribution < 1.29 is 0 Å². The predicted molar refractivity (Wildman–Crippen MR) is 90.4 cm³/mol. The Hall–Kier alpha value is -0.470. The van der Waals surface area contributed by atoms with Gasteiger partial charge in [-0.1, -0.05) is 45.7 Å². The average Bonchev–Trinajstić information content (AvgIpc) is 2.39. The van der Waals surface area contributed by atoms with Crippen LogP contribution in [0, 0.1) is 12.8 Å². The van der Waals surface area contributed by atoms with Gasteiger partial charge in [-0.15, -0.1) is 11.8 Å². The van der Waals surface area contributed by atoms with E-state index in [1.165, 1.54) is 41.7 Å². The monoisotopic (exact) mass is 291 g/mol. The SMILES string of the molecule is Cc1cc(CNC(C)C)ccc1SC1CCCC(C)C1. The highest BCUT2D eigenvalue weighted by atomic mass is 32.2. The summed E-state index contributed by atoms with van der Waals surface area (Å²) in [5, 5.41) is 4.32. The molecule has 0 bridgehead atoms. The molecule has 2 unspecified atom stereocenters. The Morgan fingerprint density at radius 1 is 1.30 bits per heavy atom. The van der Waals surface area contributed by atoms with Crippen LogP contribution in [0.4, 0.5) is 0 Å². The summed E-state index contributed by atoms with van der Waals surface area (Å²) in [6, 6.07) is 7.52. The van der Waals surface area contributed by atoms with Crippen LogP contribution in [0.5, 0.6) is 0 Å². The van der Waals surface area contributed by atoms with E-state index in [4.69, 9.17) is 0 Å². The summed E-state index contributed by atoms with van der Waals surface area (Å²) >= 11 is 2.11. The summed E-state index contributed by atoms with van der Waals surface area (Å²) in [7, 11) is 0. The summed E-state index contributed by atoms with van der Waals surface area (Å²) in [5.41, 5.74) is 2.84. The van der Waals surface area contributed by atoms with Gasteiger partial charge in [-0.3, -0.25) is 0 Å². The summed E-state index contributed by atoms with van der Waals surface area (Å²) in [6.45, 7) is 10.0. The van der Waals surface area contributed by atoms with Crippen LogP contribution in [-0.2, 0) is 6.54 Å². The van der Waals surface area contributed by atoms with Crippen LogP contribution in [0.2, 0.25) is 0 Å². The van der Waals surface area contributed by atoms with E-state index in [1.54, 1.807) is 0 Å². The quantitative estimate of drug-likeness (QED) is 0.804. The molecule has 1 aromatic rings. The number of hydrogen-bond acceptors (Lipinski definition) is 2. The number of nitrogens with one attached hydrogen (secondary N) is 1. The Labute approximate surface area is 128 Å². The number of thioether (sulfide) groups is 1. The van der Waals surface area contributed by atoms with Gasteiger partial charge in [0.2, 0.25) is 0 Å². The third kappa shape index (κ3) is 4.82. The van der Waals surface area contributed by atoms with Gasteiger partial charge in [-0.25, -0.2) is 0 Å². The Morgan fingerprint density at radius 3 is 2.75 bits per heavy atom. The minimum absolute atomic E-state index is 0.549. The lowest BCUT2D eigenvalue weighted by Gasteiger charge is -2.26. The first-order valence-electron chi connectivity index (χ1n) is 8.04. The first kappa shape index (κ1) is 15.9. The molecule has 0 spiro atoms. The highest BCUT2D eigenvalue weighted by molar-refractivity contribution is 8.00. The third-order valence-corrected chi connectivity index (χ3v) is 5.61. The van der Waals surface area contributed by atoms with Gasteiger partial charge in [-0.2, -0.15) is 0 Å². The van der Waals surface area contributed by atoms with Crippen LogP contribution in [-0.4, -0.2) is 11.3 Å². The largest absolute Gasteiger partial charge is 0.310 e. The molecular formula is C18H29NS. The molecule has 112 valence electrons. The second-order valence-electron chi connectivity index (χ2n) is 6.65. The maximum atomic E-state index is 3.49. The molecule has 0 radical (unpaired) electrons. The summed E-state index contributed by atoms with van der Waals surface area (Å²) in [4.78, 5) is 1.48. The molecule has 0 aromatic heterocycles. The van der Waals surface area contributed by atoms with Gasteiger partial charge in [0.05, 0.1) is 0 Å². The summed E-state index contributed by atoms with van der Waals surface area (Å²) in [6.07, 6.45) is 5.62. The van der Waals surface area contributed by atoms with Crippen molar-refractivity contribution in [3.05, 3.63) is 29.3 Å². The maximum absolute atomic E-state index is 3.49. The second-order valence-corrected chi connectivity index (χ2v) is 7.99. The molecule has 2 heteroatoms. The lowest BCUT2D eigenvalue weighted by atomic mass is 9.91. The standard InChI is InChI=1S/C18H29NS/c1-13(2)19-12-16-8-9-18(15(4)11-16)20-17-7-5-6-14(3)10-17/h8-9,11,13-14,17,19H,5-7,10,12H2,1-4H3. The van der Waals surface area contributed by atoms with Gasteiger partial charge in [-0.05, 0) is 42.9 Å². The molecule has 1 nitrogen and oxygen atoms in total. The Morgan fingerprint density at radius 2 is 2.10 bits per heavy atom. The molecule has 20 heavy (non-hydrogen) atoms. The van der Waals surface area contributed by atoms with Crippen LogP contribution in [0.15, 0.2) is 23.1 Å². The molecule has 1 saturated carbocycles. The molecule has 2 rings (SSSR count). The van der Waals surface area contributed by atoms with Gasteiger partial charge in [0.25, 0.3) is 0 Å². The van der Waals surface area contributed by atoms with Crippen LogP contribution in [0.3, 0.4) is 0 Å². The molecular weight excluding hydrogens is 262 g/mol. The summed E-state index contributed by atoms with van der Waals surface area (Å²) in [5.74, 6) is 0.913. The molecule has 0 amide bonds. The number of benzene rings is 1. The number of aryl methyl sites for hydroxylation is 1. The van der Waals surface area contributed by atoms with Crippen LogP contribution < -0.4 is 5.32 Å². The van der Waals surface area contributed by atoms with Crippen LogP contribution >= 0.6 is 11.8 Å². The van der Waals surface area contributed by atoms with E-state index in [9.17, 15) is 0 Å². The van der Waals surface area contributed by atoms with Crippen molar-refractivity contribution in [2.45, 2.75) is 76.1 Å². The zero-order valence-electron chi connectivity index (χ0n) is 13.4. The lowest BCUT2D eigenvalue weighted by Crippen LogP contribution is -2.21. The van der Waals surface area contributed by atoms with Gasteiger partial charge < -0.3 is 5.32 Å².